The second kappa shape index (κ2) is 10.3. The van der Waals surface area contributed by atoms with Gasteiger partial charge in [-0.3, -0.25) is 9.59 Å². The molecule has 0 heterocycles. The van der Waals surface area contributed by atoms with Gasteiger partial charge in [-0.05, 0) is 24.0 Å². The third kappa shape index (κ3) is 7.81. The normalized spacial score (nSPS) is 10.8. The summed E-state index contributed by atoms with van der Waals surface area (Å²) in [5, 5.41) is 2.90. The van der Waals surface area contributed by atoms with Gasteiger partial charge in [-0.1, -0.05) is 43.6 Å². The van der Waals surface area contributed by atoms with Crippen LogP contribution in [0.5, 0.6) is 11.5 Å². The van der Waals surface area contributed by atoms with Crippen molar-refractivity contribution in [1.82, 2.24) is 0 Å². The van der Waals surface area contributed by atoms with Crippen LogP contribution in [0.25, 0.3) is 0 Å². The molecule has 24 heavy (non-hydrogen) atoms. The van der Waals surface area contributed by atoms with Crippen molar-refractivity contribution in [3.8, 4) is 11.5 Å². The average molecular weight is 400 g/mol. The molecule has 1 amide bonds. The predicted molar refractivity (Wildman–Crippen MR) is 99.2 cm³/mol. The van der Waals surface area contributed by atoms with Gasteiger partial charge in [0.05, 0.1) is 30.7 Å². The highest BCUT2D eigenvalue weighted by Gasteiger charge is 2.13. The van der Waals surface area contributed by atoms with Gasteiger partial charge in [0.25, 0.3) is 0 Å². The van der Waals surface area contributed by atoms with E-state index in [-0.39, 0.29) is 23.4 Å². The van der Waals surface area contributed by atoms with Crippen LogP contribution in [0.4, 0.5) is 5.69 Å². The molecule has 0 fully saturated rings. The van der Waals surface area contributed by atoms with Gasteiger partial charge in [0.15, 0.2) is 5.78 Å². The van der Waals surface area contributed by atoms with Gasteiger partial charge in [0, 0.05) is 6.07 Å². The molecule has 6 heteroatoms. The van der Waals surface area contributed by atoms with Crippen LogP contribution >= 0.6 is 15.9 Å². The molecule has 0 saturated carbocycles. The molecule has 1 rings (SSSR count). The molecule has 0 bridgehead atoms. The molecule has 134 valence electrons. The second-order valence-electron chi connectivity index (χ2n) is 6.46. The lowest BCUT2D eigenvalue weighted by molar-refractivity contribution is -0.123. The SMILES string of the molecule is CC(C)COc1ccc(NC(=O)CC(=O)CBr)c(OCC(C)C)c1. The van der Waals surface area contributed by atoms with Crippen LogP contribution in [0.2, 0.25) is 0 Å². The molecule has 1 N–H and O–H groups in total. The van der Waals surface area contributed by atoms with Crippen molar-refractivity contribution in [3.05, 3.63) is 18.2 Å². The van der Waals surface area contributed by atoms with Gasteiger partial charge in [-0.2, -0.15) is 0 Å². The van der Waals surface area contributed by atoms with Gasteiger partial charge in [0.1, 0.15) is 11.5 Å². The third-order valence-electron chi connectivity index (χ3n) is 2.89. The molecule has 0 saturated heterocycles. The summed E-state index contributed by atoms with van der Waals surface area (Å²) in [5.41, 5.74) is 0.542. The summed E-state index contributed by atoms with van der Waals surface area (Å²) < 4.78 is 11.5. The lowest BCUT2D eigenvalue weighted by Crippen LogP contribution is -2.18. The van der Waals surface area contributed by atoms with Crippen molar-refractivity contribution >= 4 is 33.3 Å². The highest BCUT2D eigenvalue weighted by atomic mass is 79.9. The quantitative estimate of drug-likeness (QED) is 0.476. The molecule has 0 aliphatic carbocycles. The van der Waals surface area contributed by atoms with Crippen LogP contribution in [-0.2, 0) is 9.59 Å². The molecule has 0 aliphatic rings. The summed E-state index contributed by atoms with van der Waals surface area (Å²) in [6.45, 7) is 9.38. The summed E-state index contributed by atoms with van der Waals surface area (Å²) in [5.74, 6) is 1.48. The maximum atomic E-state index is 11.9. The average Bonchev–Trinajstić information content (AvgIpc) is 2.51. The Bertz CT molecular complexity index is 558. The van der Waals surface area contributed by atoms with E-state index < -0.39 is 0 Å². The zero-order valence-corrected chi connectivity index (χ0v) is 16.3. The Morgan fingerprint density at radius 3 is 2.29 bits per heavy atom. The van der Waals surface area contributed by atoms with Gasteiger partial charge >= 0.3 is 0 Å². The van der Waals surface area contributed by atoms with Crippen LogP contribution in [0.1, 0.15) is 34.1 Å². The molecular formula is C18H26BrNO4. The number of ketones is 1. The van der Waals surface area contributed by atoms with Gasteiger partial charge in [-0.25, -0.2) is 0 Å². The van der Waals surface area contributed by atoms with E-state index in [9.17, 15) is 9.59 Å². The van der Waals surface area contributed by atoms with Crippen LogP contribution in [0.3, 0.4) is 0 Å². The summed E-state index contributed by atoms with van der Waals surface area (Å²) >= 11 is 3.05. The lowest BCUT2D eigenvalue weighted by Gasteiger charge is -2.16. The largest absolute Gasteiger partial charge is 0.493 e. The van der Waals surface area contributed by atoms with Gasteiger partial charge < -0.3 is 14.8 Å². The molecule has 0 aliphatic heterocycles. The van der Waals surface area contributed by atoms with E-state index in [1.54, 1.807) is 18.2 Å². The van der Waals surface area contributed by atoms with Crippen molar-refractivity contribution in [3.63, 3.8) is 0 Å². The highest BCUT2D eigenvalue weighted by Crippen LogP contribution is 2.30. The Balaban J connectivity index is 2.87. The molecule has 1 aromatic rings. The Labute approximate surface area is 152 Å². The number of carbonyl (C=O) groups is 2. The molecule has 0 aromatic heterocycles. The monoisotopic (exact) mass is 399 g/mol. The number of halogens is 1. The Morgan fingerprint density at radius 1 is 1.08 bits per heavy atom. The Kier molecular flexibility index (Phi) is 8.82. The maximum absolute atomic E-state index is 11.9. The fourth-order valence-electron chi connectivity index (χ4n) is 1.76. The second-order valence-corrected chi connectivity index (χ2v) is 7.03. The topological polar surface area (TPSA) is 64.6 Å². The minimum Gasteiger partial charge on any atom is -0.493 e. The van der Waals surface area contributed by atoms with Crippen LogP contribution in [-0.4, -0.2) is 30.2 Å². The van der Waals surface area contributed by atoms with Crippen LogP contribution in [0.15, 0.2) is 18.2 Å². The smallest absolute Gasteiger partial charge is 0.231 e. The molecular weight excluding hydrogens is 374 g/mol. The molecule has 0 unspecified atom stereocenters. The molecule has 1 aromatic carbocycles. The van der Waals surface area contributed by atoms with Crippen molar-refractivity contribution in [2.75, 3.05) is 23.9 Å². The van der Waals surface area contributed by atoms with Crippen LogP contribution in [0, 0.1) is 11.8 Å². The zero-order chi connectivity index (χ0) is 18.1. The number of ether oxygens (including phenoxy) is 2. The van der Waals surface area contributed by atoms with E-state index in [1.165, 1.54) is 0 Å². The fraction of sp³-hybridized carbons (Fsp3) is 0.556. The first-order chi connectivity index (χ1) is 11.3. The Morgan fingerprint density at radius 2 is 1.71 bits per heavy atom. The number of hydrogen-bond acceptors (Lipinski definition) is 4. The molecule has 5 nitrogen and oxygen atoms in total. The van der Waals surface area contributed by atoms with E-state index in [2.05, 4.69) is 35.1 Å². The van der Waals surface area contributed by atoms with E-state index in [1.807, 2.05) is 13.8 Å². The first-order valence-electron chi connectivity index (χ1n) is 8.09. The zero-order valence-electron chi connectivity index (χ0n) is 14.7. The summed E-state index contributed by atoms with van der Waals surface area (Å²) in [7, 11) is 0. The van der Waals surface area contributed by atoms with Crippen molar-refractivity contribution in [2.24, 2.45) is 11.8 Å². The summed E-state index contributed by atoms with van der Waals surface area (Å²) in [6, 6.07) is 5.29. The number of rotatable bonds is 10. The summed E-state index contributed by atoms with van der Waals surface area (Å²) in [6.07, 6.45) is -0.166. The highest BCUT2D eigenvalue weighted by molar-refractivity contribution is 9.09. The van der Waals surface area contributed by atoms with E-state index in [0.29, 0.717) is 42.2 Å². The van der Waals surface area contributed by atoms with Gasteiger partial charge in [0.2, 0.25) is 5.91 Å². The third-order valence-corrected chi connectivity index (χ3v) is 3.51. The number of nitrogens with one attached hydrogen (secondary N) is 1. The number of carbonyl (C=O) groups excluding carboxylic acids is 2. The van der Waals surface area contributed by atoms with E-state index in [4.69, 9.17) is 9.47 Å². The number of amides is 1. The standard InChI is InChI=1S/C18H26BrNO4/c1-12(2)10-23-15-5-6-16(17(8-15)24-11-13(3)4)20-18(22)7-14(21)9-19/h5-6,8,12-13H,7,9-11H2,1-4H3,(H,20,22). The van der Waals surface area contributed by atoms with Crippen LogP contribution < -0.4 is 14.8 Å². The number of Topliss-reactive ketones (excluding diaryl/α,β-unsaturated/α-hetero) is 1. The number of anilines is 1. The minimum absolute atomic E-state index is 0.166. The molecule has 0 radical (unpaired) electrons. The fourth-order valence-corrected chi connectivity index (χ4v) is 1.95. The summed E-state index contributed by atoms with van der Waals surface area (Å²) in [4.78, 5) is 23.3. The number of hydrogen-bond donors (Lipinski definition) is 1. The predicted octanol–water partition coefficient (Wildman–Crippen LogP) is 4.05. The first-order valence-corrected chi connectivity index (χ1v) is 9.21. The number of alkyl halides is 1. The van der Waals surface area contributed by atoms with E-state index in [0.717, 1.165) is 0 Å². The lowest BCUT2D eigenvalue weighted by atomic mass is 10.2. The maximum Gasteiger partial charge on any atom is 0.231 e. The van der Waals surface area contributed by atoms with Crippen molar-refractivity contribution in [2.45, 2.75) is 34.1 Å². The minimum atomic E-state index is -0.357. The van der Waals surface area contributed by atoms with E-state index >= 15 is 0 Å². The first kappa shape index (κ1) is 20.5. The Hall–Kier alpha value is -1.56. The molecule has 0 atom stereocenters. The van der Waals surface area contributed by atoms with Crippen molar-refractivity contribution < 1.29 is 19.1 Å². The van der Waals surface area contributed by atoms with Crippen molar-refractivity contribution in [1.29, 1.82) is 0 Å². The molecule has 0 spiro atoms. The number of benzene rings is 1. The van der Waals surface area contributed by atoms with Gasteiger partial charge in [-0.15, -0.1) is 0 Å².